The van der Waals surface area contributed by atoms with Crippen molar-refractivity contribution >= 4 is 11.6 Å². The van der Waals surface area contributed by atoms with Crippen molar-refractivity contribution in [3.63, 3.8) is 0 Å². The summed E-state index contributed by atoms with van der Waals surface area (Å²) in [5, 5.41) is 0. The van der Waals surface area contributed by atoms with Crippen molar-refractivity contribution in [2.75, 3.05) is 0 Å². The second-order valence-corrected chi connectivity index (χ2v) is 9.25. The van der Waals surface area contributed by atoms with Gasteiger partial charge in [0.25, 0.3) is 0 Å². The SMILES string of the molecule is C=CC[C@]12C(=O)[C@H]3C4C1C1C([C@H]3C(=O)[C@]12CC=C)C41CCCC1. The molecule has 2 heteroatoms. The van der Waals surface area contributed by atoms with Crippen molar-refractivity contribution in [3.8, 4) is 0 Å². The van der Waals surface area contributed by atoms with Crippen molar-refractivity contribution < 1.29 is 9.59 Å². The third kappa shape index (κ3) is 0.856. The van der Waals surface area contributed by atoms with Gasteiger partial charge in [-0.2, -0.15) is 0 Å². The molecule has 2 nitrogen and oxygen atoms in total. The maximum atomic E-state index is 13.5. The molecular formula is C21H24O2. The van der Waals surface area contributed by atoms with Gasteiger partial charge >= 0.3 is 0 Å². The van der Waals surface area contributed by atoms with Gasteiger partial charge < -0.3 is 0 Å². The van der Waals surface area contributed by atoms with E-state index in [0.29, 0.717) is 40.7 Å². The van der Waals surface area contributed by atoms with Crippen LogP contribution in [0.4, 0.5) is 0 Å². The summed E-state index contributed by atoms with van der Waals surface area (Å²) in [7, 11) is 0. The lowest BCUT2D eigenvalue weighted by Crippen LogP contribution is -2.67. The van der Waals surface area contributed by atoms with Crippen LogP contribution in [0.25, 0.3) is 0 Å². The second kappa shape index (κ2) is 3.43. The minimum Gasteiger partial charge on any atom is -0.299 e. The largest absolute Gasteiger partial charge is 0.299 e. The maximum absolute atomic E-state index is 13.5. The Balaban J connectivity index is 1.65. The van der Waals surface area contributed by atoms with E-state index in [0.717, 1.165) is 12.8 Å². The third-order valence-electron chi connectivity index (χ3n) is 9.54. The van der Waals surface area contributed by atoms with E-state index in [1.807, 2.05) is 12.2 Å². The predicted octanol–water partition coefficient (Wildman–Crippen LogP) is 3.58. The van der Waals surface area contributed by atoms with Crippen molar-refractivity contribution in [2.45, 2.75) is 38.5 Å². The molecule has 6 saturated carbocycles. The van der Waals surface area contributed by atoms with Crippen molar-refractivity contribution in [1.29, 1.82) is 0 Å². The zero-order valence-corrected chi connectivity index (χ0v) is 13.6. The normalized spacial score (nSPS) is 58.4. The van der Waals surface area contributed by atoms with Crippen molar-refractivity contribution in [1.82, 2.24) is 0 Å². The molecule has 0 heterocycles. The molecule has 0 amide bonds. The van der Waals surface area contributed by atoms with Crippen LogP contribution in [0.5, 0.6) is 0 Å². The van der Waals surface area contributed by atoms with Crippen LogP contribution < -0.4 is 0 Å². The van der Waals surface area contributed by atoms with E-state index in [-0.39, 0.29) is 11.8 Å². The zero-order chi connectivity index (χ0) is 15.8. The van der Waals surface area contributed by atoms with Gasteiger partial charge in [-0.1, -0.05) is 25.0 Å². The Morgan fingerprint density at radius 1 is 0.826 bits per heavy atom. The summed E-state index contributed by atoms with van der Waals surface area (Å²) in [6, 6.07) is 0. The molecule has 6 rings (SSSR count). The number of ketones is 2. The molecule has 0 aromatic rings. The van der Waals surface area contributed by atoms with Gasteiger partial charge in [0.2, 0.25) is 0 Å². The van der Waals surface area contributed by atoms with Crippen molar-refractivity contribution in [2.24, 2.45) is 51.8 Å². The van der Waals surface area contributed by atoms with E-state index < -0.39 is 10.8 Å². The quantitative estimate of drug-likeness (QED) is 0.744. The molecule has 23 heavy (non-hydrogen) atoms. The fourth-order valence-electron chi connectivity index (χ4n) is 9.73. The van der Waals surface area contributed by atoms with Crippen LogP contribution in [0.3, 0.4) is 0 Å². The minimum absolute atomic E-state index is 0.0761. The molecule has 8 atom stereocenters. The highest BCUT2D eigenvalue weighted by atomic mass is 16.2. The Kier molecular flexibility index (Phi) is 1.96. The van der Waals surface area contributed by atoms with Gasteiger partial charge in [0.05, 0.1) is 0 Å². The smallest absolute Gasteiger partial charge is 0.144 e. The highest BCUT2D eigenvalue weighted by Gasteiger charge is 2.98. The Morgan fingerprint density at radius 2 is 1.26 bits per heavy atom. The van der Waals surface area contributed by atoms with E-state index in [2.05, 4.69) is 13.2 Å². The molecule has 120 valence electrons. The fraction of sp³-hybridized carbons (Fsp3) is 0.714. The number of Topliss-reactive ketones (excluding diaryl/α,β-unsaturated/α-hetero) is 2. The van der Waals surface area contributed by atoms with Crippen LogP contribution in [0, 0.1) is 51.8 Å². The second-order valence-electron chi connectivity index (χ2n) is 9.25. The van der Waals surface area contributed by atoms with Crippen LogP contribution in [0.1, 0.15) is 38.5 Å². The molecule has 6 fully saturated rings. The van der Waals surface area contributed by atoms with Crippen LogP contribution >= 0.6 is 0 Å². The Morgan fingerprint density at radius 3 is 1.65 bits per heavy atom. The van der Waals surface area contributed by atoms with Crippen LogP contribution in [-0.2, 0) is 9.59 Å². The molecule has 0 aliphatic heterocycles. The van der Waals surface area contributed by atoms with Gasteiger partial charge in [0.1, 0.15) is 11.6 Å². The average molecular weight is 308 g/mol. The highest BCUT2D eigenvalue weighted by molar-refractivity contribution is 6.12. The number of hydrogen-bond acceptors (Lipinski definition) is 2. The number of carbonyl (C=O) groups is 2. The van der Waals surface area contributed by atoms with Crippen LogP contribution in [0.15, 0.2) is 25.3 Å². The molecule has 0 radical (unpaired) electrons. The standard InChI is InChI=1S/C21H24O2/c1-3-7-20-15-13-11(17(20)22)12-14(19(13)9-5-6-10-19)16(15)21(20,8-4-2)18(12)23/h3-4,11-16H,1-2,5-10H2/t11-,12+,13?,14?,15?,16?,20-,21+. The summed E-state index contributed by atoms with van der Waals surface area (Å²) in [5.41, 5.74) is -0.437. The van der Waals surface area contributed by atoms with Gasteiger partial charge in [0, 0.05) is 22.7 Å². The molecule has 0 aromatic carbocycles. The lowest BCUT2D eigenvalue weighted by Gasteiger charge is -2.62. The van der Waals surface area contributed by atoms with Crippen LogP contribution in [0.2, 0.25) is 0 Å². The maximum Gasteiger partial charge on any atom is 0.144 e. The van der Waals surface area contributed by atoms with E-state index in [1.165, 1.54) is 25.7 Å². The van der Waals surface area contributed by atoms with Gasteiger partial charge in [-0.25, -0.2) is 0 Å². The van der Waals surface area contributed by atoms with Gasteiger partial charge in [-0.05, 0) is 54.8 Å². The number of rotatable bonds is 4. The number of hydrogen-bond donors (Lipinski definition) is 0. The Hall–Kier alpha value is -1.18. The lowest BCUT2D eigenvalue weighted by molar-refractivity contribution is -0.189. The zero-order valence-electron chi connectivity index (χ0n) is 13.6. The molecule has 1 spiro atoms. The number of carbonyl (C=O) groups excluding carboxylic acids is 2. The predicted molar refractivity (Wildman–Crippen MR) is 86.3 cm³/mol. The third-order valence-corrected chi connectivity index (χ3v) is 9.54. The first-order valence-corrected chi connectivity index (χ1v) is 9.44. The summed E-state index contributed by atoms with van der Waals surface area (Å²) in [6.07, 6.45) is 10.4. The molecule has 0 N–H and O–H groups in total. The number of fused-ring (bicyclic) bond motifs is 2. The van der Waals surface area contributed by atoms with Gasteiger partial charge in [-0.3, -0.25) is 9.59 Å². The van der Waals surface area contributed by atoms with E-state index in [4.69, 9.17) is 0 Å². The van der Waals surface area contributed by atoms with E-state index in [1.54, 1.807) is 0 Å². The Labute approximate surface area is 137 Å². The Bertz CT molecular complexity index is 645. The molecule has 6 aliphatic carbocycles. The molecule has 0 aromatic heterocycles. The summed E-state index contributed by atoms with van der Waals surface area (Å²) in [6.45, 7) is 7.90. The molecular weight excluding hydrogens is 284 g/mol. The van der Waals surface area contributed by atoms with E-state index >= 15 is 0 Å². The highest BCUT2D eigenvalue weighted by Crippen LogP contribution is 2.95. The summed E-state index contributed by atoms with van der Waals surface area (Å²) < 4.78 is 0. The summed E-state index contributed by atoms with van der Waals surface area (Å²) in [4.78, 5) is 27.1. The molecule has 2 bridgehead atoms. The molecule has 0 saturated heterocycles. The summed E-state index contributed by atoms with van der Waals surface area (Å²) >= 11 is 0. The lowest BCUT2D eigenvalue weighted by atomic mass is 9.37. The first kappa shape index (κ1) is 13.1. The molecule has 4 unspecified atom stereocenters. The average Bonchev–Trinajstić information content (AvgIpc) is 3.23. The first-order chi connectivity index (χ1) is 11.1. The van der Waals surface area contributed by atoms with Crippen LogP contribution in [-0.4, -0.2) is 11.6 Å². The number of allylic oxidation sites excluding steroid dienone is 2. The van der Waals surface area contributed by atoms with Crippen molar-refractivity contribution in [3.05, 3.63) is 25.3 Å². The fourth-order valence-corrected chi connectivity index (χ4v) is 9.73. The van der Waals surface area contributed by atoms with Gasteiger partial charge in [0.15, 0.2) is 0 Å². The summed E-state index contributed by atoms with van der Waals surface area (Å²) in [5.74, 6) is 3.11. The first-order valence-electron chi connectivity index (χ1n) is 9.44. The monoisotopic (exact) mass is 308 g/mol. The molecule has 6 aliphatic rings. The minimum atomic E-state index is -0.392. The van der Waals surface area contributed by atoms with E-state index in [9.17, 15) is 9.59 Å². The topological polar surface area (TPSA) is 34.1 Å². The van der Waals surface area contributed by atoms with Gasteiger partial charge in [-0.15, -0.1) is 13.2 Å².